The maximum atomic E-state index is 9.79. The second-order valence-corrected chi connectivity index (χ2v) is 20.8. The predicted molar refractivity (Wildman–Crippen MR) is 337 cm³/mol. The van der Waals surface area contributed by atoms with Gasteiger partial charge in [0.15, 0.2) is 22.7 Å². The Morgan fingerprint density at radius 1 is 0.412 bits per heavy atom. The lowest BCUT2D eigenvalue weighted by atomic mass is 10.1. The van der Waals surface area contributed by atoms with Gasteiger partial charge in [-0.3, -0.25) is 28.5 Å². The highest BCUT2D eigenvalue weighted by atomic mass is 79.9. The van der Waals surface area contributed by atoms with Crippen LogP contribution in [-0.2, 0) is 0 Å². The molecule has 17 heteroatoms. The summed E-state index contributed by atoms with van der Waals surface area (Å²) >= 11 is 3.41. The number of rotatable bonds is 4. The summed E-state index contributed by atoms with van der Waals surface area (Å²) in [6.07, 6.45) is 3.57. The van der Waals surface area contributed by atoms with E-state index in [1.54, 1.807) is 57.8 Å². The molecule has 10 aromatic heterocycles. The van der Waals surface area contributed by atoms with Gasteiger partial charge in [0.25, 0.3) is 0 Å². The van der Waals surface area contributed by atoms with E-state index < -0.39 is 0 Å². The number of aromatic nitrogens is 10. The lowest BCUT2D eigenvalue weighted by Gasteiger charge is -2.11. The zero-order valence-corrected chi connectivity index (χ0v) is 46.6. The molecule has 6 aromatic carbocycles. The molecule has 0 aliphatic heterocycles. The second kappa shape index (κ2) is 20.5. The Kier molecular flexibility index (Phi) is 12.3. The minimum atomic E-state index is 0.262. The molecule has 0 aliphatic rings. The lowest BCUT2D eigenvalue weighted by molar-refractivity contribution is 0.466. The summed E-state index contributed by atoms with van der Waals surface area (Å²) in [5.41, 5.74) is 11.9. The molecule has 0 aliphatic carbocycles. The zero-order chi connectivity index (χ0) is 58.0. The van der Waals surface area contributed by atoms with Gasteiger partial charge in [-0.15, -0.1) is 0 Å². The molecule has 0 amide bonds. The number of hydrogen-bond donors (Lipinski definition) is 1. The summed E-state index contributed by atoms with van der Waals surface area (Å²) in [5.74, 6) is 3.02. The summed E-state index contributed by atoms with van der Waals surface area (Å²) in [6.45, 7) is 33.6. The van der Waals surface area contributed by atoms with Gasteiger partial charge in [0, 0.05) is 62.9 Å². The second-order valence-electron chi connectivity index (χ2n) is 20.0. The number of fused-ring (bicyclic) bond motifs is 18. The van der Waals surface area contributed by atoms with Gasteiger partial charge in [-0.25, -0.2) is 29.0 Å². The molecular weight excluding hydrogens is 1120 g/mol. The van der Waals surface area contributed by atoms with Crippen LogP contribution in [0.1, 0.15) is 11.4 Å². The first-order chi connectivity index (χ1) is 41.6. The molecule has 0 atom stereocenters. The molecule has 0 unspecified atom stereocenters. The van der Waals surface area contributed by atoms with Crippen LogP contribution in [0, 0.1) is 40.1 Å². The Balaban J connectivity index is 0.000000125. The molecule has 0 radical (unpaired) electrons. The largest absolute Gasteiger partial charge is 0.508 e. The van der Waals surface area contributed by atoms with E-state index in [1.165, 1.54) is 0 Å². The van der Waals surface area contributed by atoms with Crippen molar-refractivity contribution in [1.29, 1.82) is 0 Å². The highest BCUT2D eigenvalue weighted by Gasteiger charge is 2.20. The van der Waals surface area contributed by atoms with Crippen LogP contribution in [0.4, 0.5) is 22.7 Å². The van der Waals surface area contributed by atoms with E-state index in [-0.39, 0.29) is 5.75 Å². The summed E-state index contributed by atoms with van der Waals surface area (Å²) in [5, 5.41) is 27.0. The van der Waals surface area contributed by atoms with Crippen LogP contribution < -0.4 is 4.74 Å². The van der Waals surface area contributed by atoms with Gasteiger partial charge < -0.3 is 9.84 Å². The highest BCUT2D eigenvalue weighted by molar-refractivity contribution is 9.10. The van der Waals surface area contributed by atoms with Gasteiger partial charge >= 0.3 is 0 Å². The van der Waals surface area contributed by atoms with Gasteiger partial charge in [-0.2, -0.15) is 10.2 Å². The van der Waals surface area contributed by atoms with E-state index in [4.69, 9.17) is 36.0 Å². The number of halogens is 1. The van der Waals surface area contributed by atoms with Crippen molar-refractivity contribution in [2.24, 2.45) is 0 Å². The molecule has 0 bridgehead atoms. The number of phenolic OH excluding ortho intramolecular Hbond substituents is 1. The Morgan fingerprint density at radius 2 is 0.871 bits per heavy atom. The number of phenols is 1. The SMILES string of the molecule is Oc1ccc2c3ccccc3n(-c3ccccn3)c2c1.[C-]#[N+]c1cc2c3ccc(Br)nc3c3cc(C)nn3c2cc1[N+]#[C-].[C-]#[N+]c1cc2c3ccc(Oc4ccc5c6ccccc6n(-c6ccccn6)c5c4)nc3c3cc(C)nn3c2cc1[N+]#[C-]. The minimum absolute atomic E-state index is 0.262. The van der Waals surface area contributed by atoms with E-state index in [2.05, 4.69) is 99.9 Å². The first-order valence-electron chi connectivity index (χ1n) is 26.5. The minimum Gasteiger partial charge on any atom is -0.508 e. The van der Waals surface area contributed by atoms with Crippen molar-refractivity contribution in [1.82, 2.24) is 48.3 Å². The van der Waals surface area contributed by atoms with Crippen molar-refractivity contribution in [3.8, 4) is 29.0 Å². The van der Waals surface area contributed by atoms with E-state index in [0.717, 1.165) is 120 Å². The molecule has 10 heterocycles. The van der Waals surface area contributed by atoms with Crippen LogP contribution in [-0.4, -0.2) is 53.4 Å². The van der Waals surface area contributed by atoms with Crippen molar-refractivity contribution in [2.75, 3.05) is 0 Å². The third-order valence-electron chi connectivity index (χ3n) is 14.9. The zero-order valence-electron chi connectivity index (χ0n) is 45.0. The summed E-state index contributed by atoms with van der Waals surface area (Å²) < 4.78 is 14.9. The fourth-order valence-corrected chi connectivity index (χ4v) is 11.6. The summed E-state index contributed by atoms with van der Waals surface area (Å²) in [4.78, 5) is 32.6. The van der Waals surface area contributed by atoms with Gasteiger partial charge in [0.1, 0.15) is 33.3 Å². The number of ether oxygens (including phenoxy) is 1. The summed E-state index contributed by atoms with van der Waals surface area (Å²) in [7, 11) is 0. The van der Waals surface area contributed by atoms with E-state index in [0.29, 0.717) is 39.9 Å². The number of aryl methyl sites for hydroxylation is 2. The quantitative estimate of drug-likeness (QED) is 0.104. The Labute approximate surface area is 491 Å². The molecule has 0 spiro atoms. The maximum absolute atomic E-state index is 9.79. The van der Waals surface area contributed by atoms with Gasteiger partial charge in [-0.05, 0) is 144 Å². The number of aromatic hydroxyl groups is 1. The van der Waals surface area contributed by atoms with Gasteiger partial charge in [0.05, 0.1) is 87.3 Å². The van der Waals surface area contributed by atoms with Crippen LogP contribution in [0.15, 0.2) is 199 Å². The molecule has 1 N–H and O–H groups in total. The number of benzene rings is 6. The van der Waals surface area contributed by atoms with E-state index in [1.807, 2.05) is 129 Å². The van der Waals surface area contributed by atoms with Crippen LogP contribution in [0.3, 0.4) is 0 Å². The fourth-order valence-electron chi connectivity index (χ4n) is 11.3. The van der Waals surface area contributed by atoms with Crippen molar-refractivity contribution in [3.05, 3.63) is 256 Å². The van der Waals surface area contributed by atoms with Crippen LogP contribution in [0.25, 0.3) is 129 Å². The van der Waals surface area contributed by atoms with Crippen LogP contribution >= 0.6 is 15.9 Å². The summed E-state index contributed by atoms with van der Waals surface area (Å²) in [6, 6.07) is 58.2. The Morgan fingerprint density at radius 3 is 1.40 bits per heavy atom. The van der Waals surface area contributed by atoms with Crippen LogP contribution in [0.5, 0.6) is 17.4 Å². The number of para-hydroxylation sites is 2. The van der Waals surface area contributed by atoms with E-state index >= 15 is 0 Å². The van der Waals surface area contributed by atoms with Crippen LogP contribution in [0.2, 0.25) is 0 Å². The van der Waals surface area contributed by atoms with E-state index in [9.17, 15) is 5.11 Å². The molecule has 16 nitrogen and oxygen atoms in total. The first kappa shape index (κ1) is 51.1. The average Bonchev–Trinajstić information content (AvgIpc) is 2.55. The smallest absolute Gasteiger partial charge is 0.219 e. The topological polar surface area (TPSA) is 143 Å². The third kappa shape index (κ3) is 8.64. The number of nitrogens with zero attached hydrogens (tertiary/aromatic N) is 14. The van der Waals surface area contributed by atoms with Gasteiger partial charge in [0.2, 0.25) is 5.88 Å². The number of pyridine rings is 6. The molecule has 400 valence electrons. The average molecular weight is 1160 g/mol. The molecule has 85 heavy (non-hydrogen) atoms. The molecular formula is C68H39BrN14O2. The Hall–Kier alpha value is -12.0. The first-order valence-corrected chi connectivity index (χ1v) is 27.3. The van der Waals surface area contributed by atoms with Crippen molar-refractivity contribution >= 4 is 137 Å². The fraction of sp³-hybridized carbons (Fsp3) is 0.0294. The normalized spacial score (nSPS) is 11.2. The van der Waals surface area contributed by atoms with Gasteiger partial charge in [-0.1, -0.05) is 60.7 Å². The molecule has 16 aromatic rings. The number of hydrogen-bond acceptors (Lipinski definition) is 8. The Bertz CT molecular complexity index is 5640. The van der Waals surface area contributed by atoms with Crippen molar-refractivity contribution < 1.29 is 9.84 Å². The standard InChI is InChI=1S/C34H19N7O.C17H8BrN5.C17H12N2O/c1-20-16-31-34-24(25-18-26(35-2)27(36-3)19-30(25)41(31)39-20)13-14-33(38-34)42-21-11-12-23-22-8-4-5-9-28(22)40(29(23)17-21)32-10-6-7-15-37-32;1-9-6-15-17-10(4-5-16(18)21-17)11-7-12(19-2)13(20-3)8-14(11)23(15)22-9;20-12-8-9-14-13-5-1-2-6-15(13)19(16(14)11-12)17-7-3-4-10-18-17/h4-19H,1H3;4-8H,1H3;1-11,20H. The molecule has 16 rings (SSSR count). The van der Waals surface area contributed by atoms with Crippen molar-refractivity contribution in [2.45, 2.75) is 13.8 Å². The third-order valence-corrected chi connectivity index (χ3v) is 15.3. The monoisotopic (exact) mass is 1160 g/mol. The molecule has 0 fully saturated rings. The van der Waals surface area contributed by atoms with Crippen molar-refractivity contribution in [3.63, 3.8) is 0 Å². The molecule has 0 saturated carbocycles. The maximum Gasteiger partial charge on any atom is 0.219 e. The highest BCUT2D eigenvalue weighted by Crippen LogP contribution is 2.41. The lowest BCUT2D eigenvalue weighted by Crippen LogP contribution is -1.97. The molecule has 0 saturated heterocycles. The predicted octanol–water partition coefficient (Wildman–Crippen LogP) is 17.8.